The minimum Gasteiger partial charge on any atom is -0.505 e. The molecule has 0 aliphatic carbocycles. The second kappa shape index (κ2) is 13.5. The van der Waals surface area contributed by atoms with Crippen LogP contribution in [0.3, 0.4) is 0 Å². The highest BCUT2D eigenvalue weighted by Gasteiger charge is 2.30. The third-order valence-corrected chi connectivity index (χ3v) is 9.18. The molecule has 4 aromatic carbocycles. The van der Waals surface area contributed by atoms with Crippen LogP contribution >= 0.6 is 15.9 Å². The van der Waals surface area contributed by atoms with Gasteiger partial charge in [0, 0.05) is 10.0 Å². The molecule has 2 aromatic heterocycles. The van der Waals surface area contributed by atoms with Crippen LogP contribution in [0.2, 0.25) is 0 Å². The van der Waals surface area contributed by atoms with E-state index >= 15 is 0 Å². The predicted molar refractivity (Wildman–Crippen MR) is 201 cm³/mol. The van der Waals surface area contributed by atoms with Gasteiger partial charge in [-0.1, -0.05) is 103 Å². The van der Waals surface area contributed by atoms with E-state index in [1.54, 1.807) is 0 Å². The zero-order valence-corrected chi connectivity index (χ0v) is 30.6. The van der Waals surface area contributed by atoms with Crippen molar-refractivity contribution in [3.63, 3.8) is 0 Å². The van der Waals surface area contributed by atoms with Crippen LogP contribution in [0.15, 0.2) is 71.2 Å². The van der Waals surface area contributed by atoms with E-state index in [-0.39, 0.29) is 33.7 Å². The molecule has 0 spiro atoms. The number of aromatic amines is 4. The molecule has 6 aromatic rings. The summed E-state index contributed by atoms with van der Waals surface area (Å²) < 4.78 is 1.11. The monoisotopic (exact) mass is 702 g/mol. The zero-order valence-electron chi connectivity index (χ0n) is 29.1. The highest BCUT2D eigenvalue weighted by atomic mass is 79.9. The Labute approximate surface area is 286 Å². The number of phenols is 2. The minimum atomic E-state index is -0.222. The number of H-pyrrole nitrogens is 4. The smallest absolute Gasteiger partial charge is 0.142 e. The van der Waals surface area contributed by atoms with Gasteiger partial charge >= 0.3 is 0 Å². The lowest BCUT2D eigenvalue weighted by Gasteiger charge is -2.32. The summed E-state index contributed by atoms with van der Waals surface area (Å²) in [6, 6.07) is 22.0. The van der Waals surface area contributed by atoms with Gasteiger partial charge in [0.25, 0.3) is 0 Å². The molecule has 10 N–H and O–H groups in total. The van der Waals surface area contributed by atoms with Crippen molar-refractivity contribution in [2.75, 3.05) is 11.5 Å². The maximum absolute atomic E-state index is 10.7. The van der Waals surface area contributed by atoms with Gasteiger partial charge < -0.3 is 21.7 Å². The molecule has 0 fully saturated rings. The molecule has 1 unspecified atom stereocenters. The van der Waals surface area contributed by atoms with Crippen molar-refractivity contribution in [3.8, 4) is 11.5 Å². The van der Waals surface area contributed by atoms with Crippen molar-refractivity contribution in [3.05, 3.63) is 93.5 Å². The number of nitrogens with two attached hydrogens (primary N) is 2. The fourth-order valence-electron chi connectivity index (χ4n) is 5.68. The van der Waals surface area contributed by atoms with Crippen LogP contribution in [0, 0.1) is 0 Å². The molecule has 0 saturated heterocycles. The fraction of sp³-hybridized carbons (Fsp3) is 0.368. The number of hydrogen-bond acceptors (Lipinski definition) is 4. The largest absolute Gasteiger partial charge is 0.505 e. The Bertz CT molecular complexity index is 1910. The van der Waals surface area contributed by atoms with Gasteiger partial charge in [-0.3, -0.25) is 20.4 Å². The number of hydrogen-bond donors (Lipinski definition) is 8. The second-order valence-electron chi connectivity index (χ2n) is 15.2. The summed E-state index contributed by atoms with van der Waals surface area (Å²) in [4.78, 5) is 0. The Morgan fingerprint density at radius 2 is 1.15 bits per heavy atom. The van der Waals surface area contributed by atoms with Crippen LogP contribution in [0.4, 0.5) is 11.4 Å². The first-order valence-corrected chi connectivity index (χ1v) is 16.8. The van der Waals surface area contributed by atoms with Crippen molar-refractivity contribution in [1.29, 1.82) is 0 Å². The number of aromatic hydroxyl groups is 2. The summed E-state index contributed by atoms with van der Waals surface area (Å²) in [5.41, 5.74) is 21.2. The first kappa shape index (κ1) is 35.6. The number of fused-ring (bicyclic) bond motifs is 2. The third kappa shape index (κ3) is 8.38. The van der Waals surface area contributed by atoms with Gasteiger partial charge in [0.15, 0.2) is 0 Å². The minimum absolute atomic E-state index is 0.0567. The van der Waals surface area contributed by atoms with Gasteiger partial charge in [-0.25, -0.2) is 0 Å². The second-order valence-corrected chi connectivity index (χ2v) is 16.1. The van der Waals surface area contributed by atoms with Crippen LogP contribution < -0.4 is 11.5 Å². The molecule has 1 atom stereocenters. The van der Waals surface area contributed by atoms with Crippen LogP contribution in [0.25, 0.3) is 22.1 Å². The molecule has 8 nitrogen and oxygen atoms in total. The number of anilines is 2. The number of nitrogens with one attached hydrogen (secondary N) is 4. The Hall–Kier alpha value is -4.24. The van der Waals surface area contributed by atoms with Crippen molar-refractivity contribution < 1.29 is 10.2 Å². The summed E-state index contributed by atoms with van der Waals surface area (Å²) in [5, 5.41) is 32.9. The van der Waals surface area contributed by atoms with E-state index in [9.17, 15) is 10.2 Å². The normalized spacial score (nSPS) is 12.8. The molecular weight excluding hydrogens is 652 g/mol. The average molecular weight is 704 g/mol. The predicted octanol–water partition coefficient (Wildman–Crippen LogP) is 10.1. The Morgan fingerprint density at radius 1 is 0.638 bits per heavy atom. The zero-order chi connectivity index (χ0) is 34.9. The van der Waals surface area contributed by atoms with Crippen LogP contribution in [0.5, 0.6) is 11.5 Å². The van der Waals surface area contributed by atoms with E-state index in [2.05, 4.69) is 111 Å². The van der Waals surface area contributed by atoms with E-state index in [1.165, 1.54) is 16.6 Å². The molecule has 252 valence electrons. The van der Waals surface area contributed by atoms with E-state index < -0.39 is 0 Å². The van der Waals surface area contributed by atoms with E-state index in [0.717, 1.165) is 38.7 Å². The molecule has 0 radical (unpaired) electrons. The van der Waals surface area contributed by atoms with E-state index in [0.29, 0.717) is 11.4 Å². The summed E-state index contributed by atoms with van der Waals surface area (Å²) >= 11 is 3.36. The van der Waals surface area contributed by atoms with Crippen molar-refractivity contribution in [2.45, 2.75) is 90.9 Å². The first-order valence-electron chi connectivity index (χ1n) is 16.0. The molecule has 0 bridgehead atoms. The summed E-state index contributed by atoms with van der Waals surface area (Å²) in [6.45, 7) is 19.1. The highest BCUT2D eigenvalue weighted by Crippen LogP contribution is 2.44. The third-order valence-electron chi connectivity index (χ3n) is 8.68. The summed E-state index contributed by atoms with van der Waals surface area (Å²) in [7, 11) is 0. The average Bonchev–Trinajstić information content (AvgIpc) is 2.93. The molecule has 0 aliphatic rings. The molecular formula is C38H51BrN6O2. The number of halogens is 1. The lowest BCUT2D eigenvalue weighted by molar-refractivity contribution is 0.414. The number of nitrogen functional groups attached to an aromatic ring is 2. The van der Waals surface area contributed by atoms with Crippen LogP contribution in [0.1, 0.15) is 96.9 Å². The molecule has 6 rings (SSSR count). The summed E-state index contributed by atoms with van der Waals surface area (Å²) in [6.07, 6.45) is 0.793. The lowest BCUT2D eigenvalue weighted by atomic mass is 9.73. The fourth-order valence-corrected chi connectivity index (χ4v) is 6.04. The van der Waals surface area contributed by atoms with E-state index in [4.69, 9.17) is 11.5 Å². The van der Waals surface area contributed by atoms with Gasteiger partial charge in [-0.15, -0.1) is 0 Å². The quantitative estimate of drug-likeness (QED) is 0.0679. The number of aromatic nitrogens is 4. The van der Waals surface area contributed by atoms with Crippen molar-refractivity contribution in [2.24, 2.45) is 0 Å². The van der Waals surface area contributed by atoms with E-state index in [1.807, 2.05) is 54.6 Å². The SMILES string of the molecule is Brc1ccc2[nH][nH]c2c1.CC(CC(C)(C)c1cc(N)c(O)c(C(C)(C)C)c1)c1cc(C(C)(C)C)cc(N)c1O.c1ccc2[nH][nH]c2c1. The standard InChI is InChI=1S/C26H40N2O2.C6H5BrN2.C6H6N2/c1-15(18-10-16(24(2,3)4)12-20(27)22(18)29)14-26(8,9)17-11-19(25(5,6)7)23(30)21(28)13-17;7-4-1-2-5-6(3-4)9-8-5;1-2-4-6-5(3-1)7-8-6/h10-13,15,29-30H,14,27-28H2,1-9H3;1-3,8-9H;1-4,7-8H. The molecule has 0 amide bonds. The number of benzene rings is 4. The Balaban J connectivity index is 0.000000232. The van der Waals surface area contributed by atoms with Gasteiger partial charge in [-0.2, -0.15) is 0 Å². The Morgan fingerprint density at radius 3 is 1.60 bits per heavy atom. The van der Waals surface area contributed by atoms with Gasteiger partial charge in [0.1, 0.15) is 11.5 Å². The number of para-hydroxylation sites is 2. The highest BCUT2D eigenvalue weighted by molar-refractivity contribution is 9.10. The molecule has 9 heteroatoms. The number of phenolic OH excluding ortho intramolecular Hbond substituents is 2. The Kier molecular flexibility index (Phi) is 10.2. The van der Waals surface area contributed by atoms with Crippen LogP contribution in [-0.2, 0) is 16.2 Å². The number of rotatable bonds is 4. The molecule has 0 aliphatic heterocycles. The van der Waals surface area contributed by atoms with Gasteiger partial charge in [0.2, 0.25) is 0 Å². The topological polar surface area (TPSA) is 156 Å². The molecule has 47 heavy (non-hydrogen) atoms. The van der Waals surface area contributed by atoms with Crippen LogP contribution in [-0.4, -0.2) is 30.6 Å². The maximum Gasteiger partial charge on any atom is 0.142 e. The molecule has 2 heterocycles. The lowest BCUT2D eigenvalue weighted by Crippen LogP contribution is -2.22. The molecule has 0 saturated carbocycles. The van der Waals surface area contributed by atoms with Gasteiger partial charge in [0.05, 0.1) is 33.4 Å². The van der Waals surface area contributed by atoms with Crippen molar-refractivity contribution in [1.82, 2.24) is 20.4 Å². The van der Waals surface area contributed by atoms with Gasteiger partial charge in [-0.05, 0) is 87.7 Å². The first-order chi connectivity index (χ1) is 21.8. The van der Waals surface area contributed by atoms with Crippen molar-refractivity contribution >= 4 is 49.4 Å². The summed E-state index contributed by atoms with van der Waals surface area (Å²) in [5.74, 6) is 0.419. The maximum atomic E-state index is 10.7.